The maximum atomic E-state index is 11.7. The highest BCUT2D eigenvalue weighted by atomic mass is 16.2. The van der Waals surface area contributed by atoms with Crippen molar-refractivity contribution in [2.75, 3.05) is 0 Å². The molecule has 1 aliphatic heterocycles. The van der Waals surface area contributed by atoms with E-state index in [1.807, 2.05) is 6.08 Å². The first-order valence-electron chi connectivity index (χ1n) is 4.66. The van der Waals surface area contributed by atoms with Crippen LogP contribution in [-0.4, -0.2) is 11.8 Å². The van der Waals surface area contributed by atoms with Crippen molar-refractivity contribution >= 4 is 11.8 Å². The molecular formula is C12H11NO2. The largest absolute Gasteiger partial charge is 0.292 e. The topological polar surface area (TPSA) is 46.2 Å². The molecule has 1 aliphatic carbocycles. The van der Waals surface area contributed by atoms with Crippen LogP contribution >= 0.6 is 0 Å². The van der Waals surface area contributed by atoms with E-state index in [1.54, 1.807) is 24.3 Å². The highest BCUT2D eigenvalue weighted by Gasteiger charge is 2.47. The van der Waals surface area contributed by atoms with E-state index in [2.05, 4.69) is 18.5 Å². The van der Waals surface area contributed by atoms with Crippen LogP contribution in [0.15, 0.2) is 49.1 Å². The molecule has 3 heteroatoms. The first kappa shape index (κ1) is 9.65. The van der Waals surface area contributed by atoms with Gasteiger partial charge >= 0.3 is 0 Å². The van der Waals surface area contributed by atoms with Crippen molar-refractivity contribution in [3.05, 3.63) is 49.1 Å². The molecule has 2 amide bonds. The van der Waals surface area contributed by atoms with Crippen molar-refractivity contribution < 1.29 is 9.59 Å². The molecule has 0 aromatic heterocycles. The van der Waals surface area contributed by atoms with E-state index in [1.165, 1.54) is 0 Å². The molecule has 1 saturated heterocycles. The van der Waals surface area contributed by atoms with Crippen LogP contribution in [0.1, 0.15) is 0 Å². The maximum absolute atomic E-state index is 11.7. The lowest BCUT2D eigenvalue weighted by molar-refractivity contribution is -0.126. The number of carbonyl (C=O) groups is 2. The number of imide groups is 1. The predicted octanol–water partition coefficient (Wildman–Crippen LogP) is 1.11. The summed E-state index contributed by atoms with van der Waals surface area (Å²) >= 11 is 0. The van der Waals surface area contributed by atoms with Crippen molar-refractivity contribution in [1.82, 2.24) is 5.32 Å². The summed E-state index contributed by atoms with van der Waals surface area (Å²) in [5, 5.41) is 2.30. The molecule has 1 atom stereocenters. The minimum Gasteiger partial charge on any atom is -0.292 e. The number of carbonyl (C=O) groups excluding carboxylic acids is 2. The van der Waals surface area contributed by atoms with Crippen LogP contribution in [0.25, 0.3) is 0 Å². The van der Waals surface area contributed by atoms with E-state index in [0.717, 1.165) is 0 Å². The van der Waals surface area contributed by atoms with Gasteiger partial charge in [0.2, 0.25) is 5.91 Å². The Kier molecular flexibility index (Phi) is 1.96. The third-order valence-corrected chi connectivity index (χ3v) is 2.94. The number of amides is 2. The van der Waals surface area contributed by atoms with Crippen LogP contribution in [0.2, 0.25) is 0 Å². The van der Waals surface area contributed by atoms with E-state index in [4.69, 9.17) is 0 Å². The van der Waals surface area contributed by atoms with Gasteiger partial charge in [-0.2, -0.15) is 0 Å². The average Bonchev–Trinajstić information content (AvgIpc) is 2.55. The zero-order valence-electron chi connectivity index (χ0n) is 8.19. The van der Waals surface area contributed by atoms with Crippen LogP contribution in [0.3, 0.4) is 0 Å². The number of hydrogen-bond donors (Lipinski definition) is 1. The Morgan fingerprint density at radius 2 is 2.00 bits per heavy atom. The zero-order valence-corrected chi connectivity index (χ0v) is 8.19. The number of rotatable bonds is 2. The Bertz CT molecular complexity index is 421. The van der Waals surface area contributed by atoms with E-state index in [9.17, 15) is 9.59 Å². The summed E-state index contributed by atoms with van der Waals surface area (Å²) in [5.41, 5.74) is -0.150. The summed E-state index contributed by atoms with van der Waals surface area (Å²) in [6.07, 6.45) is 8.54. The molecule has 0 aromatic carbocycles. The Balaban J connectivity index is 2.57. The second-order valence-electron chi connectivity index (χ2n) is 3.64. The molecule has 1 N–H and O–H groups in total. The van der Waals surface area contributed by atoms with Gasteiger partial charge in [0, 0.05) is 11.0 Å². The quantitative estimate of drug-likeness (QED) is 0.537. The monoisotopic (exact) mass is 201 g/mol. The zero-order chi connectivity index (χ0) is 11.1. The molecule has 0 spiro atoms. The van der Waals surface area contributed by atoms with E-state index < -0.39 is 11.3 Å². The molecule has 3 nitrogen and oxygen atoms in total. The number of allylic oxidation sites excluding steroid dienone is 5. The molecule has 0 aromatic rings. The molecule has 1 unspecified atom stereocenters. The van der Waals surface area contributed by atoms with Crippen molar-refractivity contribution in [3.8, 4) is 0 Å². The summed E-state index contributed by atoms with van der Waals surface area (Å²) in [6.45, 7) is 7.41. The molecule has 1 fully saturated rings. The summed E-state index contributed by atoms with van der Waals surface area (Å²) in [6, 6.07) is 0. The third kappa shape index (κ3) is 1.13. The first-order valence-corrected chi connectivity index (χ1v) is 4.66. The highest BCUT2D eigenvalue weighted by Crippen LogP contribution is 2.42. The molecule has 1 heterocycles. The van der Waals surface area contributed by atoms with E-state index >= 15 is 0 Å². The van der Waals surface area contributed by atoms with Gasteiger partial charge in [0.15, 0.2) is 0 Å². The highest BCUT2D eigenvalue weighted by molar-refractivity contribution is 6.16. The minimum atomic E-state index is -0.639. The fourth-order valence-electron chi connectivity index (χ4n) is 2.07. The Morgan fingerprint density at radius 1 is 1.33 bits per heavy atom. The number of hydrogen-bond acceptors (Lipinski definition) is 2. The average molecular weight is 201 g/mol. The van der Waals surface area contributed by atoms with Crippen LogP contribution in [-0.2, 0) is 9.59 Å². The van der Waals surface area contributed by atoms with Gasteiger partial charge in [0.25, 0.3) is 5.91 Å². The van der Waals surface area contributed by atoms with Gasteiger partial charge in [-0.3, -0.25) is 14.9 Å². The van der Waals surface area contributed by atoms with Crippen LogP contribution < -0.4 is 5.32 Å². The first-order chi connectivity index (χ1) is 7.14. The lowest BCUT2D eigenvalue weighted by atomic mass is 9.70. The predicted molar refractivity (Wildman–Crippen MR) is 56.7 cm³/mol. The summed E-state index contributed by atoms with van der Waals surface area (Å²) in [4.78, 5) is 23.1. The van der Waals surface area contributed by atoms with Gasteiger partial charge in [-0.25, -0.2) is 0 Å². The van der Waals surface area contributed by atoms with Crippen molar-refractivity contribution in [2.45, 2.75) is 0 Å². The fourth-order valence-corrected chi connectivity index (χ4v) is 2.07. The van der Waals surface area contributed by atoms with Crippen LogP contribution in [0.4, 0.5) is 0 Å². The molecule has 0 radical (unpaired) electrons. The number of nitrogens with one attached hydrogen (secondary N) is 1. The Morgan fingerprint density at radius 3 is 2.60 bits per heavy atom. The summed E-state index contributed by atoms with van der Waals surface area (Å²) in [5.74, 6) is -1.11. The second-order valence-corrected chi connectivity index (χ2v) is 3.64. The molecule has 0 bridgehead atoms. The molecule has 2 rings (SSSR count). The van der Waals surface area contributed by atoms with Crippen molar-refractivity contribution in [1.29, 1.82) is 0 Å². The van der Waals surface area contributed by atoms with Crippen LogP contribution in [0.5, 0.6) is 0 Å². The molecule has 0 saturated carbocycles. The van der Waals surface area contributed by atoms with Gasteiger partial charge in [-0.15, -0.1) is 13.2 Å². The smallest absolute Gasteiger partial charge is 0.254 e. The molecule has 2 aliphatic rings. The van der Waals surface area contributed by atoms with E-state index in [0.29, 0.717) is 5.57 Å². The van der Waals surface area contributed by atoms with Crippen molar-refractivity contribution in [2.24, 2.45) is 11.3 Å². The second kappa shape index (κ2) is 3.05. The van der Waals surface area contributed by atoms with Gasteiger partial charge in [0.1, 0.15) is 0 Å². The molecular weight excluding hydrogens is 190 g/mol. The fraction of sp³-hybridized carbons (Fsp3) is 0.167. The standard InChI is InChI=1S/C12H11NO2/c1-3-12(4-2)7-5-6-8-9(12)11(15)13-10(8)14/h3-7,9H,1-2H2,(H,13,14,15). The Hall–Kier alpha value is -1.90. The van der Waals surface area contributed by atoms with Gasteiger partial charge in [-0.05, 0) is 0 Å². The SMILES string of the molecule is C=CC1(C=C)C=CC=C2C(=O)NC(=O)C21. The van der Waals surface area contributed by atoms with E-state index in [-0.39, 0.29) is 11.8 Å². The van der Waals surface area contributed by atoms with Gasteiger partial charge in [-0.1, -0.05) is 30.4 Å². The van der Waals surface area contributed by atoms with Crippen LogP contribution in [0, 0.1) is 11.3 Å². The normalized spacial score (nSPS) is 26.7. The summed E-state index contributed by atoms with van der Waals surface area (Å²) < 4.78 is 0. The third-order valence-electron chi connectivity index (χ3n) is 2.94. The summed E-state index contributed by atoms with van der Waals surface area (Å²) in [7, 11) is 0. The Labute approximate surface area is 87.9 Å². The van der Waals surface area contributed by atoms with Crippen molar-refractivity contribution in [3.63, 3.8) is 0 Å². The van der Waals surface area contributed by atoms with Gasteiger partial charge < -0.3 is 0 Å². The molecule has 15 heavy (non-hydrogen) atoms. The lowest BCUT2D eigenvalue weighted by Gasteiger charge is -2.30. The maximum Gasteiger partial charge on any atom is 0.254 e. The minimum absolute atomic E-state index is 0.282. The van der Waals surface area contributed by atoms with Gasteiger partial charge in [0.05, 0.1) is 5.92 Å². The molecule has 76 valence electrons. The lowest BCUT2D eigenvalue weighted by Crippen LogP contribution is -2.32. The number of fused-ring (bicyclic) bond motifs is 1.